The molecule has 7 N–H and O–H groups in total. The molecule has 1 aromatic rings. The molecule has 1 heterocycles. The Morgan fingerprint density at radius 1 is 1.31 bits per heavy atom. The highest BCUT2D eigenvalue weighted by atomic mass is 35.5. The number of benzene rings is 1. The van der Waals surface area contributed by atoms with Gasteiger partial charge in [-0.1, -0.05) is 11.6 Å². The number of hydrogen-bond acceptors (Lipinski definition) is 10. The van der Waals surface area contributed by atoms with E-state index in [9.17, 15) is 31.2 Å². The van der Waals surface area contributed by atoms with Gasteiger partial charge >= 0.3 is 11.9 Å². The first-order valence-electron chi connectivity index (χ1n) is 10.7. The van der Waals surface area contributed by atoms with Gasteiger partial charge in [0, 0.05) is 6.54 Å². The van der Waals surface area contributed by atoms with Gasteiger partial charge in [0.25, 0.3) is 0 Å². The highest BCUT2D eigenvalue weighted by Crippen LogP contribution is 2.33. The van der Waals surface area contributed by atoms with E-state index in [1.165, 1.54) is 6.92 Å². The van der Waals surface area contributed by atoms with Crippen LogP contribution in [0, 0.1) is 0 Å². The standard InChI is InChI=1S/C19H28ClN5O9S2/c1-3-34-19(29)12(23-10(2)18(27)28)5-4-6-22-17(26)9-16-24-13-7-11(20)14(35(21,30)31)8-15(13)36(32,33)25-16/h7-8,10,12,16,23-25H,3-6,9H2,1-2H3,(H,22,26)(H,27,28)(H2,21,30,31)/t10-,12-,16?/m0/s1. The van der Waals surface area contributed by atoms with E-state index in [-0.39, 0.29) is 41.6 Å². The number of sulfonamides is 2. The van der Waals surface area contributed by atoms with Crippen LogP contribution >= 0.6 is 11.6 Å². The van der Waals surface area contributed by atoms with Crippen molar-refractivity contribution < 1.29 is 41.1 Å². The van der Waals surface area contributed by atoms with E-state index in [2.05, 4.69) is 20.7 Å². The summed E-state index contributed by atoms with van der Waals surface area (Å²) < 4.78 is 55.6. The molecule has 0 radical (unpaired) electrons. The minimum Gasteiger partial charge on any atom is -0.480 e. The quantitative estimate of drug-likeness (QED) is 0.136. The van der Waals surface area contributed by atoms with Crippen LogP contribution in [0.4, 0.5) is 5.69 Å². The molecule has 17 heteroatoms. The number of esters is 1. The highest BCUT2D eigenvalue weighted by Gasteiger charge is 2.33. The fraction of sp³-hybridized carbons (Fsp3) is 0.526. The second-order valence-corrected chi connectivity index (χ2v) is 11.5. The van der Waals surface area contributed by atoms with Crippen molar-refractivity contribution >= 4 is 55.2 Å². The Bertz CT molecular complexity index is 1220. The Morgan fingerprint density at radius 3 is 2.56 bits per heavy atom. The zero-order valence-corrected chi connectivity index (χ0v) is 21.8. The summed E-state index contributed by atoms with van der Waals surface area (Å²) in [4.78, 5) is 34.5. The van der Waals surface area contributed by atoms with E-state index in [4.69, 9.17) is 26.6 Å². The van der Waals surface area contributed by atoms with Crippen molar-refractivity contribution in [1.82, 2.24) is 15.4 Å². The number of aliphatic carboxylic acids is 1. The number of fused-ring (bicyclic) bond motifs is 1. The number of hydrogen-bond donors (Lipinski definition) is 6. The van der Waals surface area contributed by atoms with E-state index in [1.807, 2.05) is 0 Å². The van der Waals surface area contributed by atoms with Crippen molar-refractivity contribution in [2.45, 2.75) is 61.2 Å². The zero-order valence-electron chi connectivity index (χ0n) is 19.4. The van der Waals surface area contributed by atoms with Crippen molar-refractivity contribution in [2.75, 3.05) is 18.5 Å². The zero-order chi connectivity index (χ0) is 27.3. The van der Waals surface area contributed by atoms with Crippen LogP contribution in [0.15, 0.2) is 21.9 Å². The molecule has 1 aromatic carbocycles. The number of nitrogens with one attached hydrogen (secondary N) is 4. The summed E-state index contributed by atoms with van der Waals surface area (Å²) >= 11 is 5.93. The van der Waals surface area contributed by atoms with Crippen LogP contribution in [0.2, 0.25) is 5.02 Å². The summed E-state index contributed by atoms with van der Waals surface area (Å²) in [5.74, 6) is -2.27. The van der Waals surface area contributed by atoms with E-state index < -0.39 is 61.0 Å². The summed E-state index contributed by atoms with van der Waals surface area (Å²) in [6.07, 6.45) is -0.886. The van der Waals surface area contributed by atoms with E-state index >= 15 is 0 Å². The number of amides is 1. The van der Waals surface area contributed by atoms with Crippen LogP contribution in [-0.2, 0) is 39.2 Å². The topological polar surface area (TPSA) is 223 Å². The van der Waals surface area contributed by atoms with Gasteiger partial charge in [-0.3, -0.25) is 19.7 Å². The molecule has 0 aromatic heterocycles. The number of ether oxygens (including phenoxy) is 1. The van der Waals surface area contributed by atoms with Crippen molar-refractivity contribution in [3.63, 3.8) is 0 Å². The normalized spacial score (nSPS) is 18.3. The van der Waals surface area contributed by atoms with E-state index in [1.54, 1.807) is 6.92 Å². The minimum absolute atomic E-state index is 0.000136. The molecular weight excluding hydrogens is 542 g/mol. The molecule has 1 unspecified atom stereocenters. The number of rotatable bonds is 12. The molecule has 0 spiro atoms. The first kappa shape index (κ1) is 29.7. The Kier molecular flexibility index (Phi) is 10.0. The van der Waals surface area contributed by atoms with Crippen LogP contribution in [-0.4, -0.2) is 71.2 Å². The van der Waals surface area contributed by atoms with Gasteiger partial charge in [0.2, 0.25) is 26.0 Å². The van der Waals surface area contributed by atoms with Crippen molar-refractivity contribution in [1.29, 1.82) is 0 Å². The van der Waals surface area contributed by atoms with Crippen molar-refractivity contribution in [2.24, 2.45) is 5.14 Å². The van der Waals surface area contributed by atoms with Crippen LogP contribution in [0.5, 0.6) is 0 Å². The van der Waals surface area contributed by atoms with E-state index in [0.29, 0.717) is 6.42 Å². The Labute approximate surface area is 213 Å². The van der Waals surface area contributed by atoms with Crippen LogP contribution < -0.4 is 25.8 Å². The number of nitrogens with two attached hydrogens (primary N) is 1. The first-order valence-corrected chi connectivity index (χ1v) is 14.1. The van der Waals surface area contributed by atoms with E-state index in [0.717, 1.165) is 12.1 Å². The molecule has 36 heavy (non-hydrogen) atoms. The fourth-order valence-corrected chi connectivity index (χ4v) is 5.82. The lowest BCUT2D eigenvalue weighted by molar-refractivity contribution is -0.147. The molecule has 2 rings (SSSR count). The van der Waals surface area contributed by atoms with Crippen molar-refractivity contribution in [3.8, 4) is 0 Å². The smallest absolute Gasteiger partial charge is 0.323 e. The van der Waals surface area contributed by atoms with Gasteiger partial charge in [0.05, 0.1) is 29.9 Å². The lowest BCUT2D eigenvalue weighted by Gasteiger charge is -2.28. The summed E-state index contributed by atoms with van der Waals surface area (Å²) in [5.41, 5.74) is -0.000136. The predicted octanol–water partition coefficient (Wildman–Crippen LogP) is -0.702. The summed E-state index contributed by atoms with van der Waals surface area (Å²) in [5, 5.41) is 21.8. The number of anilines is 1. The number of primary sulfonamides is 1. The maximum atomic E-state index is 12.6. The molecular formula is C19H28ClN5O9S2. The largest absolute Gasteiger partial charge is 0.480 e. The van der Waals surface area contributed by atoms with Gasteiger partial charge in [0.15, 0.2) is 0 Å². The number of halogens is 1. The molecule has 0 saturated carbocycles. The molecule has 14 nitrogen and oxygen atoms in total. The average Bonchev–Trinajstić information content (AvgIpc) is 2.73. The summed E-state index contributed by atoms with van der Waals surface area (Å²) in [6, 6.07) is 0.0540. The predicted molar refractivity (Wildman–Crippen MR) is 128 cm³/mol. The maximum Gasteiger partial charge on any atom is 0.323 e. The first-order chi connectivity index (χ1) is 16.7. The molecule has 3 atom stereocenters. The highest BCUT2D eigenvalue weighted by molar-refractivity contribution is 7.90. The fourth-order valence-electron chi connectivity index (χ4n) is 3.33. The number of carboxylic acids is 1. The maximum absolute atomic E-state index is 12.6. The lowest BCUT2D eigenvalue weighted by Crippen LogP contribution is -2.48. The van der Waals surface area contributed by atoms with Gasteiger partial charge in [-0.25, -0.2) is 22.0 Å². The molecule has 0 aliphatic carbocycles. The lowest BCUT2D eigenvalue weighted by atomic mass is 10.1. The molecule has 0 fully saturated rings. The molecule has 1 aliphatic heterocycles. The molecule has 0 bridgehead atoms. The Balaban J connectivity index is 1.96. The Hall–Kier alpha value is -2.50. The van der Waals surface area contributed by atoms with Crippen LogP contribution in [0.3, 0.4) is 0 Å². The van der Waals surface area contributed by atoms with Crippen LogP contribution in [0.1, 0.15) is 33.1 Å². The monoisotopic (exact) mass is 569 g/mol. The molecule has 1 amide bonds. The van der Waals surface area contributed by atoms with Gasteiger partial charge in [0.1, 0.15) is 21.9 Å². The molecule has 202 valence electrons. The molecule has 1 aliphatic rings. The number of carbonyl (C=O) groups excluding carboxylic acids is 2. The third kappa shape index (κ3) is 8.01. The third-order valence-electron chi connectivity index (χ3n) is 5.03. The average molecular weight is 570 g/mol. The van der Waals surface area contributed by atoms with Crippen LogP contribution in [0.25, 0.3) is 0 Å². The summed E-state index contributed by atoms with van der Waals surface area (Å²) in [7, 11) is -8.45. The van der Waals surface area contributed by atoms with Gasteiger partial charge in [-0.05, 0) is 38.8 Å². The van der Waals surface area contributed by atoms with Gasteiger partial charge in [-0.2, -0.15) is 4.72 Å². The SMILES string of the molecule is CCOC(=O)[C@H](CCCNC(=O)CC1Nc2cc(Cl)c(S(N)(=O)=O)cc2S(=O)(=O)N1)N[C@@H](C)C(=O)O. The minimum atomic E-state index is -4.27. The van der Waals surface area contributed by atoms with Crippen molar-refractivity contribution in [3.05, 3.63) is 17.2 Å². The summed E-state index contributed by atoms with van der Waals surface area (Å²) in [6.45, 7) is 3.25. The second kappa shape index (κ2) is 12.2. The number of carboxylic acid groups (broad SMARTS) is 1. The van der Waals surface area contributed by atoms with Gasteiger partial charge < -0.3 is 20.5 Å². The molecule has 0 saturated heterocycles. The third-order valence-corrected chi connectivity index (χ3v) is 7.92. The van der Waals surface area contributed by atoms with Gasteiger partial charge in [-0.15, -0.1) is 0 Å². The number of carbonyl (C=O) groups is 3. The Morgan fingerprint density at radius 2 is 1.97 bits per heavy atom. The second-order valence-electron chi connectivity index (χ2n) is 7.87.